The van der Waals surface area contributed by atoms with Crippen LogP contribution in [-0.2, 0) is 0 Å². The van der Waals surface area contributed by atoms with E-state index in [1.807, 2.05) is 0 Å². The first-order chi connectivity index (χ1) is 8.22. The Labute approximate surface area is 97.8 Å². The lowest BCUT2D eigenvalue weighted by Crippen LogP contribution is -2.49. The third-order valence-electron chi connectivity index (χ3n) is 2.06. The second-order valence-electron chi connectivity index (χ2n) is 3.16. The van der Waals surface area contributed by atoms with Crippen molar-refractivity contribution in [2.75, 3.05) is 18.5 Å². The van der Waals surface area contributed by atoms with Crippen molar-refractivity contribution in [2.24, 2.45) is 16.9 Å². The summed E-state index contributed by atoms with van der Waals surface area (Å²) in [6.45, 7) is 0.593. The summed E-state index contributed by atoms with van der Waals surface area (Å²) in [5.41, 5.74) is 10.8. The lowest BCUT2D eigenvalue weighted by atomic mass is 10.2. The van der Waals surface area contributed by atoms with E-state index in [4.69, 9.17) is 11.6 Å². The standard InChI is InChI=1S/C9H14N6O2/c10-5-6-15(13-11)9(16)7-1-3-8(4-2-7)12-14-17/h1-4,13H,5-6,10-11H2,(H,12,17). The van der Waals surface area contributed by atoms with Crippen LogP contribution < -0.4 is 22.5 Å². The van der Waals surface area contributed by atoms with E-state index in [-0.39, 0.29) is 5.91 Å². The molecule has 0 aliphatic rings. The van der Waals surface area contributed by atoms with Crippen molar-refractivity contribution in [3.05, 3.63) is 34.7 Å². The number of anilines is 1. The van der Waals surface area contributed by atoms with Crippen LogP contribution in [0.25, 0.3) is 0 Å². The lowest BCUT2D eigenvalue weighted by Gasteiger charge is -2.19. The third kappa shape index (κ3) is 3.48. The minimum Gasteiger partial charge on any atom is -0.329 e. The molecule has 92 valence electrons. The minimum absolute atomic E-state index is 0.296. The van der Waals surface area contributed by atoms with Gasteiger partial charge in [-0.05, 0) is 24.3 Å². The first kappa shape index (κ1) is 13.0. The molecule has 6 N–H and O–H groups in total. The number of amides is 1. The number of rotatable bonds is 6. The number of nitrogens with zero attached hydrogens (tertiary/aromatic N) is 2. The normalized spacial score (nSPS) is 9.76. The zero-order chi connectivity index (χ0) is 12.7. The second kappa shape index (κ2) is 6.53. The van der Waals surface area contributed by atoms with Crippen LogP contribution in [0.5, 0.6) is 0 Å². The van der Waals surface area contributed by atoms with Crippen molar-refractivity contribution in [1.82, 2.24) is 10.5 Å². The Morgan fingerprint density at radius 2 is 2.00 bits per heavy atom. The van der Waals surface area contributed by atoms with E-state index in [1.54, 1.807) is 24.3 Å². The van der Waals surface area contributed by atoms with Gasteiger partial charge in [-0.3, -0.25) is 15.6 Å². The molecule has 0 aliphatic heterocycles. The van der Waals surface area contributed by atoms with Crippen molar-refractivity contribution in [1.29, 1.82) is 0 Å². The maximum absolute atomic E-state index is 11.9. The molecule has 0 fully saturated rings. The number of hydrazine groups is 2. The fourth-order valence-corrected chi connectivity index (χ4v) is 1.25. The molecule has 0 atom stereocenters. The number of nitrogens with one attached hydrogen (secondary N) is 2. The summed E-state index contributed by atoms with van der Waals surface area (Å²) in [6, 6.07) is 6.23. The molecular weight excluding hydrogens is 224 g/mol. The highest BCUT2D eigenvalue weighted by Gasteiger charge is 2.13. The average molecular weight is 238 g/mol. The van der Waals surface area contributed by atoms with Crippen LogP contribution in [-0.4, -0.2) is 24.0 Å². The zero-order valence-corrected chi connectivity index (χ0v) is 9.09. The SMILES string of the molecule is NCCN(NN)C(=O)c1ccc(NN=O)cc1. The molecule has 0 aromatic heterocycles. The van der Waals surface area contributed by atoms with Gasteiger partial charge in [0, 0.05) is 12.1 Å². The number of carbonyl (C=O) groups is 1. The molecule has 0 radical (unpaired) electrons. The molecule has 0 saturated carbocycles. The molecular formula is C9H14N6O2. The molecule has 0 bridgehead atoms. The van der Waals surface area contributed by atoms with Gasteiger partial charge in [-0.2, -0.15) is 5.53 Å². The van der Waals surface area contributed by atoms with Gasteiger partial charge < -0.3 is 5.73 Å². The molecule has 1 aromatic carbocycles. The Kier molecular flexibility index (Phi) is 5.01. The number of nitrogens with two attached hydrogens (primary N) is 2. The highest BCUT2D eigenvalue weighted by atomic mass is 16.3. The molecule has 1 amide bonds. The van der Waals surface area contributed by atoms with Gasteiger partial charge in [-0.15, -0.1) is 4.91 Å². The van der Waals surface area contributed by atoms with Crippen molar-refractivity contribution >= 4 is 11.6 Å². The predicted molar refractivity (Wildman–Crippen MR) is 63.3 cm³/mol. The maximum Gasteiger partial charge on any atom is 0.269 e. The Morgan fingerprint density at radius 1 is 1.35 bits per heavy atom. The second-order valence-corrected chi connectivity index (χ2v) is 3.16. The molecule has 1 rings (SSSR count). The molecule has 8 heteroatoms. The molecule has 0 aliphatic carbocycles. The van der Waals surface area contributed by atoms with Crippen LogP contribution in [0.15, 0.2) is 29.6 Å². The van der Waals surface area contributed by atoms with Crippen LogP contribution in [0.3, 0.4) is 0 Å². The summed E-state index contributed by atoms with van der Waals surface area (Å²) in [7, 11) is 0. The van der Waals surface area contributed by atoms with Crippen LogP contribution in [0.2, 0.25) is 0 Å². The Hall–Kier alpha value is -2.03. The van der Waals surface area contributed by atoms with Gasteiger partial charge in [0.1, 0.15) is 0 Å². The van der Waals surface area contributed by atoms with E-state index in [2.05, 4.69) is 16.2 Å². The number of benzene rings is 1. The van der Waals surface area contributed by atoms with Gasteiger partial charge in [0.15, 0.2) is 0 Å². The Balaban J connectivity index is 2.77. The maximum atomic E-state index is 11.9. The van der Waals surface area contributed by atoms with Crippen molar-refractivity contribution in [2.45, 2.75) is 0 Å². The van der Waals surface area contributed by atoms with E-state index in [9.17, 15) is 9.70 Å². The largest absolute Gasteiger partial charge is 0.329 e. The van der Waals surface area contributed by atoms with Crippen LogP contribution in [0, 0.1) is 4.91 Å². The smallest absolute Gasteiger partial charge is 0.269 e. The van der Waals surface area contributed by atoms with Gasteiger partial charge in [-0.1, -0.05) is 0 Å². The van der Waals surface area contributed by atoms with E-state index < -0.39 is 0 Å². The van der Waals surface area contributed by atoms with Crippen LogP contribution >= 0.6 is 0 Å². The number of hydrogen-bond donors (Lipinski definition) is 4. The van der Waals surface area contributed by atoms with Crippen LogP contribution in [0.1, 0.15) is 10.4 Å². The highest BCUT2D eigenvalue weighted by Crippen LogP contribution is 2.10. The number of nitroso groups, excluding NO2 is 1. The lowest BCUT2D eigenvalue weighted by molar-refractivity contribution is 0.0666. The topological polar surface area (TPSA) is 126 Å². The molecule has 0 heterocycles. The Morgan fingerprint density at radius 3 is 2.47 bits per heavy atom. The quantitative estimate of drug-likeness (QED) is 0.302. The number of carbonyl (C=O) groups excluding carboxylic acids is 1. The third-order valence-corrected chi connectivity index (χ3v) is 2.06. The number of hydrogen-bond acceptors (Lipinski definition) is 6. The van der Waals surface area contributed by atoms with E-state index >= 15 is 0 Å². The molecule has 8 nitrogen and oxygen atoms in total. The molecule has 0 unspecified atom stereocenters. The predicted octanol–water partition coefficient (Wildman–Crippen LogP) is -0.441. The minimum atomic E-state index is -0.302. The van der Waals surface area contributed by atoms with Gasteiger partial charge >= 0.3 is 0 Å². The summed E-state index contributed by atoms with van der Waals surface area (Å²) in [5.74, 6) is 4.90. The summed E-state index contributed by atoms with van der Waals surface area (Å²) < 4.78 is 0. The van der Waals surface area contributed by atoms with Gasteiger partial charge in [-0.25, -0.2) is 5.43 Å². The first-order valence-corrected chi connectivity index (χ1v) is 4.89. The van der Waals surface area contributed by atoms with Crippen molar-refractivity contribution in [3.63, 3.8) is 0 Å². The molecule has 17 heavy (non-hydrogen) atoms. The molecule has 1 aromatic rings. The molecule has 0 saturated heterocycles. The van der Waals surface area contributed by atoms with Crippen molar-refractivity contribution < 1.29 is 4.79 Å². The summed E-state index contributed by atoms with van der Waals surface area (Å²) >= 11 is 0. The monoisotopic (exact) mass is 238 g/mol. The van der Waals surface area contributed by atoms with E-state index in [0.29, 0.717) is 24.3 Å². The molecule has 0 spiro atoms. The van der Waals surface area contributed by atoms with E-state index in [1.165, 1.54) is 5.01 Å². The van der Waals surface area contributed by atoms with Crippen molar-refractivity contribution in [3.8, 4) is 0 Å². The van der Waals surface area contributed by atoms with Gasteiger partial charge in [0.25, 0.3) is 5.91 Å². The summed E-state index contributed by atoms with van der Waals surface area (Å²) in [4.78, 5) is 21.8. The van der Waals surface area contributed by atoms with Gasteiger partial charge in [0.2, 0.25) is 0 Å². The average Bonchev–Trinajstić information content (AvgIpc) is 2.36. The first-order valence-electron chi connectivity index (χ1n) is 4.89. The summed E-state index contributed by atoms with van der Waals surface area (Å²) in [5, 5.41) is 3.71. The van der Waals surface area contributed by atoms with E-state index in [0.717, 1.165) is 0 Å². The Bertz CT molecular complexity index is 380. The fourth-order valence-electron chi connectivity index (χ4n) is 1.25. The summed E-state index contributed by atoms with van der Waals surface area (Å²) in [6.07, 6.45) is 0. The highest BCUT2D eigenvalue weighted by molar-refractivity contribution is 5.94. The zero-order valence-electron chi connectivity index (χ0n) is 9.09. The fraction of sp³-hybridized carbons (Fsp3) is 0.222. The van der Waals surface area contributed by atoms with Gasteiger partial charge in [0.05, 0.1) is 17.5 Å². The van der Waals surface area contributed by atoms with Crippen LogP contribution in [0.4, 0.5) is 5.69 Å².